The maximum absolute atomic E-state index is 13.2. The standard InChI is InChI=1S/C13H9FN4O2/c14-10-4-1-3-9(7-10)8-18-12(17-20-13(18)19)11-15-5-2-6-16-11/h1-7H,8H2. The van der Waals surface area contributed by atoms with E-state index in [-0.39, 0.29) is 24.0 Å². The maximum atomic E-state index is 13.2. The molecule has 3 rings (SSSR count). The lowest BCUT2D eigenvalue weighted by atomic mass is 10.2. The van der Waals surface area contributed by atoms with E-state index in [0.717, 1.165) is 0 Å². The second-order valence-electron chi connectivity index (χ2n) is 4.06. The largest absolute Gasteiger partial charge is 0.442 e. The van der Waals surface area contributed by atoms with Crippen LogP contribution in [0.15, 0.2) is 52.0 Å². The lowest BCUT2D eigenvalue weighted by Gasteiger charge is -2.03. The van der Waals surface area contributed by atoms with Crippen molar-refractivity contribution in [3.05, 3.63) is 64.7 Å². The van der Waals surface area contributed by atoms with Gasteiger partial charge in [-0.2, -0.15) is 0 Å². The van der Waals surface area contributed by atoms with Crippen LogP contribution in [0.1, 0.15) is 5.56 Å². The molecule has 0 amide bonds. The Labute approximate surface area is 112 Å². The smallest absolute Gasteiger partial charge is 0.295 e. The van der Waals surface area contributed by atoms with Gasteiger partial charge in [-0.05, 0) is 23.8 Å². The fraction of sp³-hybridized carbons (Fsp3) is 0.0769. The third kappa shape index (κ3) is 2.33. The molecule has 0 N–H and O–H groups in total. The first-order valence-corrected chi connectivity index (χ1v) is 5.82. The number of aromatic nitrogens is 4. The Hall–Kier alpha value is -2.83. The second-order valence-corrected chi connectivity index (χ2v) is 4.06. The van der Waals surface area contributed by atoms with Crippen molar-refractivity contribution in [3.8, 4) is 11.6 Å². The molecule has 0 unspecified atom stereocenters. The van der Waals surface area contributed by atoms with Crippen LogP contribution in [-0.4, -0.2) is 19.7 Å². The highest BCUT2D eigenvalue weighted by Gasteiger charge is 2.15. The zero-order valence-electron chi connectivity index (χ0n) is 10.2. The highest BCUT2D eigenvalue weighted by atomic mass is 19.1. The maximum Gasteiger partial charge on any atom is 0.442 e. The molecule has 6 nitrogen and oxygen atoms in total. The van der Waals surface area contributed by atoms with Crippen LogP contribution in [0.5, 0.6) is 0 Å². The third-order valence-corrected chi connectivity index (χ3v) is 2.68. The molecule has 0 saturated heterocycles. The molecule has 0 spiro atoms. The molecule has 1 aromatic carbocycles. The molecule has 0 atom stereocenters. The Morgan fingerprint density at radius 1 is 1.20 bits per heavy atom. The van der Waals surface area contributed by atoms with Crippen LogP contribution in [0.4, 0.5) is 4.39 Å². The molecular weight excluding hydrogens is 263 g/mol. The van der Waals surface area contributed by atoms with Crippen LogP contribution in [0.3, 0.4) is 0 Å². The van der Waals surface area contributed by atoms with Crippen molar-refractivity contribution in [2.24, 2.45) is 0 Å². The summed E-state index contributed by atoms with van der Waals surface area (Å²) in [6.45, 7) is 0.133. The topological polar surface area (TPSA) is 73.8 Å². The Bertz CT molecular complexity index is 782. The average molecular weight is 272 g/mol. The van der Waals surface area contributed by atoms with E-state index in [1.165, 1.54) is 29.1 Å². The van der Waals surface area contributed by atoms with Gasteiger partial charge in [-0.1, -0.05) is 17.3 Å². The van der Waals surface area contributed by atoms with Gasteiger partial charge in [0.1, 0.15) is 5.82 Å². The molecule has 0 aliphatic heterocycles. The van der Waals surface area contributed by atoms with Gasteiger partial charge in [-0.25, -0.2) is 23.7 Å². The zero-order chi connectivity index (χ0) is 13.9. The van der Waals surface area contributed by atoms with Crippen molar-refractivity contribution in [2.75, 3.05) is 0 Å². The number of benzene rings is 1. The van der Waals surface area contributed by atoms with E-state index in [4.69, 9.17) is 0 Å². The van der Waals surface area contributed by atoms with Crippen molar-refractivity contribution in [1.29, 1.82) is 0 Å². The van der Waals surface area contributed by atoms with E-state index in [0.29, 0.717) is 5.56 Å². The fourth-order valence-electron chi connectivity index (χ4n) is 1.80. The van der Waals surface area contributed by atoms with Gasteiger partial charge in [0.25, 0.3) is 0 Å². The highest BCUT2D eigenvalue weighted by Crippen LogP contribution is 2.12. The first-order chi connectivity index (χ1) is 9.74. The minimum atomic E-state index is -0.642. The molecule has 0 aliphatic rings. The molecule has 0 radical (unpaired) electrons. The van der Waals surface area contributed by atoms with Gasteiger partial charge < -0.3 is 0 Å². The van der Waals surface area contributed by atoms with E-state index < -0.39 is 5.76 Å². The summed E-state index contributed by atoms with van der Waals surface area (Å²) in [5.41, 5.74) is 0.618. The molecule has 100 valence electrons. The lowest BCUT2D eigenvalue weighted by Crippen LogP contribution is -2.17. The fourth-order valence-corrected chi connectivity index (χ4v) is 1.80. The molecule has 3 aromatic rings. The van der Waals surface area contributed by atoms with Crippen LogP contribution >= 0.6 is 0 Å². The second kappa shape index (κ2) is 5.04. The monoisotopic (exact) mass is 272 g/mol. The predicted molar refractivity (Wildman–Crippen MR) is 67.3 cm³/mol. The molecule has 0 saturated carbocycles. The number of hydrogen-bond acceptors (Lipinski definition) is 5. The van der Waals surface area contributed by atoms with Crippen molar-refractivity contribution >= 4 is 0 Å². The Morgan fingerprint density at radius 3 is 2.75 bits per heavy atom. The van der Waals surface area contributed by atoms with Crippen LogP contribution in [-0.2, 0) is 6.54 Å². The lowest BCUT2D eigenvalue weighted by molar-refractivity contribution is 0.378. The molecule has 0 fully saturated rings. The Balaban J connectivity index is 2.02. The number of hydrogen-bond donors (Lipinski definition) is 0. The van der Waals surface area contributed by atoms with E-state index in [2.05, 4.69) is 19.6 Å². The van der Waals surface area contributed by atoms with Gasteiger partial charge in [0.15, 0.2) is 5.82 Å². The van der Waals surface area contributed by atoms with Crippen molar-refractivity contribution in [1.82, 2.24) is 19.7 Å². The molecule has 20 heavy (non-hydrogen) atoms. The summed E-state index contributed by atoms with van der Waals surface area (Å²) in [5.74, 6) is -0.532. The summed E-state index contributed by atoms with van der Waals surface area (Å²) in [7, 11) is 0. The van der Waals surface area contributed by atoms with E-state index >= 15 is 0 Å². The predicted octanol–water partition coefficient (Wildman–Crippen LogP) is 1.48. The molecule has 0 bridgehead atoms. The molecule has 2 heterocycles. The van der Waals surface area contributed by atoms with Crippen molar-refractivity contribution in [2.45, 2.75) is 6.54 Å². The van der Waals surface area contributed by atoms with Crippen LogP contribution in [0.25, 0.3) is 11.6 Å². The SMILES string of the molecule is O=c1onc(-c2ncccn2)n1Cc1cccc(F)c1. The van der Waals surface area contributed by atoms with Gasteiger partial charge in [0.2, 0.25) is 5.82 Å². The van der Waals surface area contributed by atoms with Crippen LogP contribution < -0.4 is 5.76 Å². The minimum Gasteiger partial charge on any atom is -0.295 e. The number of halogens is 1. The zero-order valence-corrected chi connectivity index (χ0v) is 10.2. The molecule has 2 aromatic heterocycles. The first kappa shape index (κ1) is 12.2. The summed E-state index contributed by atoms with van der Waals surface area (Å²) >= 11 is 0. The Kier molecular flexibility index (Phi) is 3.08. The molecular formula is C13H9FN4O2. The Morgan fingerprint density at radius 2 is 2.00 bits per heavy atom. The van der Waals surface area contributed by atoms with E-state index in [1.54, 1.807) is 18.2 Å². The van der Waals surface area contributed by atoms with Gasteiger partial charge in [-0.3, -0.25) is 4.52 Å². The highest BCUT2D eigenvalue weighted by molar-refractivity contribution is 5.41. The summed E-state index contributed by atoms with van der Waals surface area (Å²) in [6.07, 6.45) is 3.07. The normalized spacial score (nSPS) is 10.7. The molecule has 7 heteroatoms. The van der Waals surface area contributed by atoms with Crippen LogP contribution in [0.2, 0.25) is 0 Å². The van der Waals surface area contributed by atoms with Gasteiger partial charge in [0.05, 0.1) is 6.54 Å². The summed E-state index contributed by atoms with van der Waals surface area (Å²) in [4.78, 5) is 19.7. The summed E-state index contributed by atoms with van der Waals surface area (Å²) < 4.78 is 19.1. The van der Waals surface area contributed by atoms with Crippen LogP contribution in [0, 0.1) is 5.82 Å². The molecule has 0 aliphatic carbocycles. The van der Waals surface area contributed by atoms with E-state index in [1.807, 2.05) is 0 Å². The third-order valence-electron chi connectivity index (χ3n) is 2.68. The quantitative estimate of drug-likeness (QED) is 0.722. The first-order valence-electron chi connectivity index (χ1n) is 5.82. The minimum absolute atomic E-state index is 0.133. The number of rotatable bonds is 3. The van der Waals surface area contributed by atoms with Crippen molar-refractivity contribution < 1.29 is 8.91 Å². The average Bonchev–Trinajstić information content (AvgIpc) is 2.81. The number of nitrogens with zero attached hydrogens (tertiary/aromatic N) is 4. The summed E-state index contributed by atoms with van der Waals surface area (Å²) in [5, 5.41) is 3.66. The van der Waals surface area contributed by atoms with Gasteiger partial charge in [-0.15, -0.1) is 0 Å². The van der Waals surface area contributed by atoms with Crippen molar-refractivity contribution in [3.63, 3.8) is 0 Å². The van der Waals surface area contributed by atoms with E-state index in [9.17, 15) is 9.18 Å². The van der Waals surface area contributed by atoms with Gasteiger partial charge >= 0.3 is 5.76 Å². The summed E-state index contributed by atoms with van der Waals surface area (Å²) in [6, 6.07) is 7.61. The van der Waals surface area contributed by atoms with Gasteiger partial charge in [0, 0.05) is 12.4 Å².